The number of rotatable bonds is 6. The normalized spacial score (nSPS) is 14.5. The number of carbonyl (C=O) groups excluding carboxylic acids is 1. The Morgan fingerprint density at radius 2 is 1.43 bits per heavy atom. The number of fused-ring (bicyclic) bond motifs is 7. The van der Waals surface area contributed by atoms with Gasteiger partial charge in [0.15, 0.2) is 0 Å². The van der Waals surface area contributed by atoms with Crippen LogP contribution in [0.25, 0.3) is 10.8 Å². The van der Waals surface area contributed by atoms with Crippen LogP contribution in [-0.2, 0) is 5.54 Å². The van der Waals surface area contributed by atoms with Gasteiger partial charge in [-0.25, -0.2) is 5.01 Å². The van der Waals surface area contributed by atoms with Crippen LogP contribution < -0.4 is 15.4 Å². The van der Waals surface area contributed by atoms with Gasteiger partial charge in [0.1, 0.15) is 22.8 Å². The van der Waals surface area contributed by atoms with Crippen molar-refractivity contribution in [2.75, 3.05) is 23.7 Å². The van der Waals surface area contributed by atoms with Gasteiger partial charge in [-0.2, -0.15) is 5.10 Å². The fraction of sp³-hybridized carbons (Fsp3) is 0.189. The number of phenolic OH excluding ortho intramolecular Hbond substituents is 1. The lowest BCUT2D eigenvalue weighted by atomic mass is 9.74. The van der Waals surface area contributed by atoms with Crippen molar-refractivity contribution in [1.29, 1.82) is 0 Å². The maximum atomic E-state index is 14.5. The highest BCUT2D eigenvalue weighted by atomic mass is 16.5. The van der Waals surface area contributed by atoms with Crippen molar-refractivity contribution in [2.24, 2.45) is 5.10 Å². The summed E-state index contributed by atoms with van der Waals surface area (Å²) in [7, 11) is 0. The van der Waals surface area contributed by atoms with Gasteiger partial charge >= 0.3 is 0 Å². The molecular weight excluding hydrogens is 548 g/mol. The summed E-state index contributed by atoms with van der Waals surface area (Å²) in [4.78, 5) is 14.5. The smallest absolute Gasteiger partial charge is 0.275 e. The number of aromatic hydroxyl groups is 1. The molecule has 7 rings (SSSR count). The Kier molecular flexibility index (Phi) is 6.54. The number of ether oxygens (including phenoxy) is 1. The molecule has 7 nitrogen and oxygen atoms in total. The molecule has 0 radical (unpaired) electrons. The minimum absolute atomic E-state index is 0.0932. The van der Waals surface area contributed by atoms with Crippen molar-refractivity contribution in [2.45, 2.75) is 33.2 Å². The second kappa shape index (κ2) is 10.5. The second-order valence-electron chi connectivity index (χ2n) is 11.3. The summed E-state index contributed by atoms with van der Waals surface area (Å²) in [6.45, 7) is 9.77. The number of anilines is 2. The van der Waals surface area contributed by atoms with Crippen LogP contribution in [0.1, 0.15) is 57.6 Å². The minimum atomic E-state index is -1.11. The monoisotopic (exact) mass is 582 g/mol. The summed E-state index contributed by atoms with van der Waals surface area (Å²) < 4.78 is 6.68. The molecule has 2 aliphatic rings. The fourth-order valence-electron chi connectivity index (χ4n) is 6.69. The maximum Gasteiger partial charge on any atom is 0.275 e. The quantitative estimate of drug-likeness (QED) is 0.177. The second-order valence-corrected chi connectivity index (χ2v) is 11.3. The number of hydrazone groups is 1. The third-order valence-electron chi connectivity index (χ3n) is 8.69. The van der Waals surface area contributed by atoms with Gasteiger partial charge in [0.2, 0.25) is 0 Å². The Morgan fingerprint density at radius 3 is 2.09 bits per heavy atom. The SMILES string of the molecule is CCNc1cc2c(cc1C)C1(c3cc(C)c(NCC)cc3O2)c2ccccc2C(=O)N1/N=C/c1c(O)ccc2ccccc12. The highest BCUT2D eigenvalue weighted by Crippen LogP contribution is 2.59. The van der Waals surface area contributed by atoms with Crippen molar-refractivity contribution in [3.05, 3.63) is 124 Å². The molecule has 1 amide bonds. The van der Waals surface area contributed by atoms with Gasteiger partial charge in [0.25, 0.3) is 5.91 Å². The molecule has 3 N–H and O–H groups in total. The lowest BCUT2D eigenvalue weighted by Gasteiger charge is -2.42. The molecular formula is C37H34N4O3. The van der Waals surface area contributed by atoms with Gasteiger partial charge in [0, 0.05) is 64.4 Å². The number of benzene rings is 5. The molecule has 0 unspecified atom stereocenters. The first-order chi connectivity index (χ1) is 21.4. The average Bonchev–Trinajstić information content (AvgIpc) is 3.27. The molecule has 2 heterocycles. The predicted molar refractivity (Wildman–Crippen MR) is 176 cm³/mol. The van der Waals surface area contributed by atoms with E-state index in [-0.39, 0.29) is 11.7 Å². The fourth-order valence-corrected chi connectivity index (χ4v) is 6.69. The molecule has 7 heteroatoms. The van der Waals surface area contributed by atoms with Crippen LogP contribution in [0.4, 0.5) is 11.4 Å². The standard InChI is InChI=1S/C37H34N4O3/c1-5-38-31-19-34-29(17-22(31)3)37(30-18-23(4)32(39-6-2)20-35(30)44-34)28-14-10-9-13-26(28)36(43)41(37)40-21-27-25-12-8-7-11-24(25)15-16-33(27)42/h7-21,38-39,42H,5-6H2,1-4H3/b40-21+. The van der Waals surface area contributed by atoms with Gasteiger partial charge in [-0.15, -0.1) is 0 Å². The first-order valence-electron chi connectivity index (χ1n) is 15.0. The summed E-state index contributed by atoms with van der Waals surface area (Å²) in [6, 6.07) is 27.3. The first kappa shape index (κ1) is 27.5. The Labute approximate surface area is 256 Å². The van der Waals surface area contributed by atoms with Gasteiger partial charge in [-0.3, -0.25) is 4.79 Å². The van der Waals surface area contributed by atoms with Gasteiger partial charge < -0.3 is 20.5 Å². The number of hydrogen-bond acceptors (Lipinski definition) is 6. The topological polar surface area (TPSA) is 86.2 Å². The molecule has 0 aliphatic carbocycles. The van der Waals surface area contributed by atoms with Crippen molar-refractivity contribution in [3.63, 3.8) is 0 Å². The number of carbonyl (C=O) groups is 1. The van der Waals surface area contributed by atoms with Crippen LogP contribution in [0.2, 0.25) is 0 Å². The van der Waals surface area contributed by atoms with E-state index in [1.807, 2.05) is 66.7 Å². The lowest BCUT2D eigenvalue weighted by Crippen LogP contribution is -2.44. The molecule has 0 bridgehead atoms. The summed E-state index contributed by atoms with van der Waals surface area (Å²) >= 11 is 0. The molecule has 0 saturated carbocycles. The van der Waals surface area contributed by atoms with E-state index in [2.05, 4.69) is 50.5 Å². The van der Waals surface area contributed by atoms with E-state index >= 15 is 0 Å². The largest absolute Gasteiger partial charge is 0.507 e. The van der Waals surface area contributed by atoms with Crippen molar-refractivity contribution >= 4 is 34.3 Å². The number of phenols is 1. The zero-order chi connectivity index (χ0) is 30.6. The average molecular weight is 583 g/mol. The Hall–Kier alpha value is -5.30. The van der Waals surface area contributed by atoms with Crippen molar-refractivity contribution in [1.82, 2.24) is 5.01 Å². The number of nitrogens with one attached hydrogen (secondary N) is 2. The van der Waals surface area contributed by atoms with Crippen LogP contribution >= 0.6 is 0 Å². The summed E-state index contributed by atoms with van der Waals surface area (Å²) in [5, 5.41) is 26.2. The van der Waals surface area contributed by atoms with E-state index in [0.29, 0.717) is 22.6 Å². The number of amides is 1. The molecule has 0 atom stereocenters. The van der Waals surface area contributed by atoms with Crippen LogP contribution in [0, 0.1) is 13.8 Å². The van der Waals surface area contributed by atoms with Crippen LogP contribution in [-0.4, -0.2) is 35.3 Å². The Balaban J connectivity index is 1.55. The zero-order valence-corrected chi connectivity index (χ0v) is 25.2. The summed E-state index contributed by atoms with van der Waals surface area (Å²) in [5.41, 5.74) is 6.51. The Bertz CT molecular complexity index is 1940. The molecule has 5 aromatic rings. The van der Waals surface area contributed by atoms with E-state index < -0.39 is 5.54 Å². The highest BCUT2D eigenvalue weighted by molar-refractivity contribution is 6.05. The third-order valence-corrected chi connectivity index (χ3v) is 8.69. The molecule has 44 heavy (non-hydrogen) atoms. The number of aryl methyl sites for hydroxylation is 2. The molecule has 0 fully saturated rings. The van der Waals surface area contributed by atoms with Gasteiger partial charge in [-0.05, 0) is 73.9 Å². The minimum Gasteiger partial charge on any atom is -0.507 e. The Morgan fingerprint density at radius 1 is 0.818 bits per heavy atom. The van der Waals surface area contributed by atoms with E-state index in [1.54, 1.807) is 17.3 Å². The molecule has 2 aliphatic heterocycles. The predicted octanol–water partition coefficient (Wildman–Crippen LogP) is 7.91. The number of hydrogen-bond donors (Lipinski definition) is 3. The molecule has 0 aromatic heterocycles. The van der Waals surface area contributed by atoms with Gasteiger partial charge in [0.05, 0.1) is 6.21 Å². The van der Waals surface area contributed by atoms with Crippen molar-refractivity contribution in [3.8, 4) is 17.2 Å². The zero-order valence-electron chi connectivity index (χ0n) is 25.2. The van der Waals surface area contributed by atoms with E-state index in [9.17, 15) is 9.90 Å². The third kappa shape index (κ3) is 3.96. The van der Waals surface area contributed by atoms with Crippen LogP contribution in [0.3, 0.4) is 0 Å². The lowest BCUT2D eigenvalue weighted by molar-refractivity contribution is 0.0675. The van der Waals surface area contributed by atoms with Crippen molar-refractivity contribution < 1.29 is 14.6 Å². The van der Waals surface area contributed by atoms with E-state index in [1.165, 1.54) is 0 Å². The molecule has 220 valence electrons. The molecule has 1 spiro atoms. The van der Waals surface area contributed by atoms with Crippen LogP contribution in [0.5, 0.6) is 17.2 Å². The number of nitrogens with zero attached hydrogens (tertiary/aromatic N) is 2. The molecule has 5 aromatic carbocycles. The first-order valence-corrected chi connectivity index (χ1v) is 15.0. The summed E-state index contributed by atoms with van der Waals surface area (Å²) in [6.07, 6.45) is 1.61. The maximum absolute atomic E-state index is 14.5. The van der Waals surface area contributed by atoms with Crippen LogP contribution in [0.15, 0.2) is 90.0 Å². The summed E-state index contributed by atoms with van der Waals surface area (Å²) in [5.74, 6) is 1.18. The van der Waals surface area contributed by atoms with E-state index in [0.717, 1.165) is 63.1 Å². The molecule has 0 saturated heterocycles. The van der Waals surface area contributed by atoms with Gasteiger partial charge in [-0.1, -0.05) is 48.5 Å². The highest BCUT2D eigenvalue weighted by Gasteiger charge is 2.57. The van der Waals surface area contributed by atoms with E-state index in [4.69, 9.17) is 9.84 Å².